The summed E-state index contributed by atoms with van der Waals surface area (Å²) < 4.78 is 37.9. The minimum atomic E-state index is -4.94. The molecule has 0 saturated heterocycles. The Bertz CT molecular complexity index is 1280. The van der Waals surface area contributed by atoms with Crippen molar-refractivity contribution >= 4 is 33.7 Å². The number of rotatable bonds is 4. The molecular formula is C20H11F3N3O3-. The van der Waals surface area contributed by atoms with Crippen LogP contribution in [0.3, 0.4) is 0 Å². The van der Waals surface area contributed by atoms with Gasteiger partial charge in [0.1, 0.15) is 11.5 Å². The van der Waals surface area contributed by atoms with Crippen LogP contribution in [0.25, 0.3) is 21.9 Å². The number of nitrogens with one attached hydrogen (secondary N) is 1. The van der Waals surface area contributed by atoms with Gasteiger partial charge in [0.05, 0.1) is 5.97 Å². The molecule has 0 saturated carbocycles. The van der Waals surface area contributed by atoms with Crippen LogP contribution in [0.4, 0.5) is 13.2 Å². The van der Waals surface area contributed by atoms with Gasteiger partial charge in [0.25, 0.3) is 5.78 Å². The van der Waals surface area contributed by atoms with Gasteiger partial charge in [-0.25, -0.2) is 9.97 Å². The topological polar surface area (TPSA) is 98.8 Å². The van der Waals surface area contributed by atoms with Crippen molar-refractivity contribution < 1.29 is 27.9 Å². The highest BCUT2D eigenvalue weighted by Crippen LogP contribution is 2.25. The van der Waals surface area contributed by atoms with E-state index in [-0.39, 0.29) is 12.0 Å². The molecule has 2 aromatic heterocycles. The number of carboxylic acid groups (broad SMARTS) is 1. The van der Waals surface area contributed by atoms with Crippen molar-refractivity contribution in [2.45, 2.75) is 12.6 Å². The van der Waals surface area contributed by atoms with Gasteiger partial charge in [0, 0.05) is 34.5 Å². The Morgan fingerprint density at radius 1 is 1.03 bits per heavy atom. The molecule has 0 unspecified atom stereocenters. The molecule has 0 amide bonds. The molecule has 0 atom stereocenters. The van der Waals surface area contributed by atoms with Gasteiger partial charge in [-0.2, -0.15) is 13.2 Å². The fraction of sp³-hybridized carbons (Fsp3) is 0.100. The van der Waals surface area contributed by atoms with E-state index in [1.165, 1.54) is 24.3 Å². The monoisotopic (exact) mass is 398 g/mol. The first-order valence-electron chi connectivity index (χ1n) is 8.41. The van der Waals surface area contributed by atoms with Crippen molar-refractivity contribution in [3.05, 3.63) is 71.2 Å². The molecule has 0 aliphatic carbocycles. The lowest BCUT2D eigenvalue weighted by Crippen LogP contribution is -2.22. The summed E-state index contributed by atoms with van der Waals surface area (Å²) in [4.78, 5) is 34.0. The number of carboxylic acids is 1. The first-order valence-corrected chi connectivity index (χ1v) is 8.41. The maximum atomic E-state index is 12.6. The van der Waals surface area contributed by atoms with Crippen LogP contribution in [-0.2, 0) is 6.42 Å². The van der Waals surface area contributed by atoms with E-state index in [2.05, 4.69) is 15.0 Å². The largest absolute Gasteiger partial charge is 0.545 e. The number of benzene rings is 2. The van der Waals surface area contributed by atoms with Gasteiger partial charge in [0.2, 0.25) is 0 Å². The number of halogens is 3. The third-order valence-electron chi connectivity index (χ3n) is 4.45. The number of alkyl halides is 3. The summed E-state index contributed by atoms with van der Waals surface area (Å²) in [5, 5.41) is 12.4. The fourth-order valence-electron chi connectivity index (χ4n) is 3.10. The second-order valence-corrected chi connectivity index (χ2v) is 6.43. The molecule has 0 bridgehead atoms. The zero-order valence-corrected chi connectivity index (χ0v) is 14.6. The van der Waals surface area contributed by atoms with Crippen LogP contribution < -0.4 is 5.11 Å². The first kappa shape index (κ1) is 18.6. The summed E-state index contributed by atoms with van der Waals surface area (Å²) in [6.45, 7) is 0. The third kappa shape index (κ3) is 3.54. The average Bonchev–Trinajstić information content (AvgIpc) is 3.03. The Morgan fingerprint density at radius 3 is 2.55 bits per heavy atom. The predicted molar refractivity (Wildman–Crippen MR) is 95.4 cm³/mol. The highest BCUT2D eigenvalue weighted by atomic mass is 19.4. The molecule has 2 aromatic carbocycles. The van der Waals surface area contributed by atoms with Gasteiger partial charge in [-0.3, -0.25) is 4.79 Å². The fourth-order valence-corrected chi connectivity index (χ4v) is 3.10. The lowest BCUT2D eigenvalue weighted by Gasteiger charge is -2.07. The van der Waals surface area contributed by atoms with Gasteiger partial charge in [-0.15, -0.1) is 0 Å². The number of H-pyrrole nitrogens is 1. The van der Waals surface area contributed by atoms with Crippen molar-refractivity contribution in [1.82, 2.24) is 15.0 Å². The van der Waals surface area contributed by atoms with Crippen LogP contribution in [0.15, 0.2) is 48.7 Å². The van der Waals surface area contributed by atoms with E-state index in [4.69, 9.17) is 0 Å². The molecule has 0 radical (unpaired) electrons. The van der Waals surface area contributed by atoms with E-state index in [9.17, 15) is 27.9 Å². The van der Waals surface area contributed by atoms with E-state index >= 15 is 0 Å². The minimum absolute atomic E-state index is 0.0170. The molecule has 4 aromatic rings. The average molecular weight is 398 g/mol. The molecule has 0 aliphatic heterocycles. The van der Waals surface area contributed by atoms with Gasteiger partial charge < -0.3 is 14.9 Å². The summed E-state index contributed by atoms with van der Waals surface area (Å²) in [5.41, 5.74) is 1.03. The third-order valence-corrected chi connectivity index (χ3v) is 4.45. The van der Waals surface area contributed by atoms with E-state index in [1.54, 1.807) is 18.3 Å². The molecule has 2 heterocycles. The quantitative estimate of drug-likeness (QED) is 0.533. The molecule has 0 fully saturated rings. The maximum absolute atomic E-state index is 12.6. The van der Waals surface area contributed by atoms with Gasteiger partial charge >= 0.3 is 6.18 Å². The van der Waals surface area contributed by atoms with Crippen LogP contribution in [-0.4, -0.2) is 32.9 Å². The molecular weight excluding hydrogens is 387 g/mol. The highest BCUT2D eigenvalue weighted by Gasteiger charge is 2.39. The second-order valence-electron chi connectivity index (χ2n) is 6.43. The number of ketones is 1. The van der Waals surface area contributed by atoms with E-state index in [0.29, 0.717) is 27.9 Å². The Balaban J connectivity index is 1.68. The zero-order chi connectivity index (χ0) is 20.8. The molecule has 146 valence electrons. The number of Topliss-reactive ketones (excluding diaryl/α,β-unsaturated/α-hetero) is 1. The molecule has 1 N–H and O–H groups in total. The van der Waals surface area contributed by atoms with Crippen LogP contribution in [0, 0.1) is 0 Å². The summed E-state index contributed by atoms with van der Waals surface area (Å²) in [7, 11) is 0. The number of hydrogen-bond acceptors (Lipinski definition) is 5. The smallest absolute Gasteiger partial charge is 0.454 e. The van der Waals surface area contributed by atoms with Crippen LogP contribution in [0.5, 0.6) is 0 Å². The molecule has 9 heteroatoms. The van der Waals surface area contributed by atoms with E-state index < -0.39 is 23.5 Å². The number of carbonyl (C=O) groups excluding carboxylic acids is 2. The molecule has 4 rings (SSSR count). The first-order chi connectivity index (χ1) is 13.7. The summed E-state index contributed by atoms with van der Waals surface area (Å²) in [6.07, 6.45) is -3.27. The number of hydrogen-bond donors (Lipinski definition) is 1. The molecule has 29 heavy (non-hydrogen) atoms. The molecule has 0 aliphatic rings. The lowest BCUT2D eigenvalue weighted by molar-refractivity contribution is -0.255. The number of aromatic carboxylic acids is 1. The van der Waals surface area contributed by atoms with Crippen LogP contribution in [0.2, 0.25) is 0 Å². The maximum Gasteiger partial charge on any atom is 0.454 e. The Labute approximate surface area is 161 Å². The number of nitrogens with zero attached hydrogens (tertiary/aromatic N) is 2. The number of aromatic nitrogens is 3. The zero-order valence-electron chi connectivity index (χ0n) is 14.6. The predicted octanol–water partition coefficient (Wildman–Crippen LogP) is 2.81. The summed E-state index contributed by atoms with van der Waals surface area (Å²) in [5.74, 6) is -2.87. The van der Waals surface area contributed by atoms with E-state index in [1.807, 2.05) is 0 Å². The molecule has 6 nitrogen and oxygen atoms in total. The number of carbonyl (C=O) groups is 2. The lowest BCUT2D eigenvalue weighted by atomic mass is 10.0. The number of aromatic amines is 1. The Kier molecular flexibility index (Phi) is 4.30. The second kappa shape index (κ2) is 6.69. The normalized spacial score (nSPS) is 11.8. The molecule has 0 spiro atoms. The van der Waals surface area contributed by atoms with Crippen molar-refractivity contribution in [3.8, 4) is 0 Å². The minimum Gasteiger partial charge on any atom is -0.545 e. The number of fused-ring (bicyclic) bond motifs is 3. The van der Waals surface area contributed by atoms with Crippen molar-refractivity contribution in [1.29, 1.82) is 0 Å². The van der Waals surface area contributed by atoms with Gasteiger partial charge in [-0.05, 0) is 23.3 Å². The van der Waals surface area contributed by atoms with Gasteiger partial charge in [0.15, 0.2) is 0 Å². The van der Waals surface area contributed by atoms with Crippen LogP contribution in [0.1, 0.15) is 32.1 Å². The summed E-state index contributed by atoms with van der Waals surface area (Å²) in [6, 6.07) is 9.70. The highest BCUT2D eigenvalue weighted by molar-refractivity contribution is 6.07. The van der Waals surface area contributed by atoms with Crippen LogP contribution >= 0.6 is 0 Å². The SMILES string of the molecule is O=C([O-])c1ccc2c(c1)[nH]c1nc(Cc3cccc(C(=O)C(F)(F)F)c3)ncc12. The Morgan fingerprint density at radius 2 is 1.83 bits per heavy atom. The summed E-state index contributed by atoms with van der Waals surface area (Å²) >= 11 is 0. The van der Waals surface area contributed by atoms with Crippen molar-refractivity contribution in [2.24, 2.45) is 0 Å². The Hall–Kier alpha value is -3.75. The standard InChI is InChI=1S/C20H12F3N3O3/c21-20(22,23)17(27)11-3-1-2-10(6-11)7-16-24-9-14-13-5-4-12(19(28)29)8-15(13)25-18(14)26-16/h1-6,8-9H,7H2,(H,28,29)(H,24,25,26)/p-1. The van der Waals surface area contributed by atoms with E-state index in [0.717, 1.165) is 11.5 Å². The van der Waals surface area contributed by atoms with Crippen molar-refractivity contribution in [3.63, 3.8) is 0 Å². The van der Waals surface area contributed by atoms with Crippen molar-refractivity contribution in [2.75, 3.05) is 0 Å². The van der Waals surface area contributed by atoms with Gasteiger partial charge in [-0.1, -0.05) is 30.3 Å².